The molecule has 2 aromatic heterocycles. The lowest BCUT2D eigenvalue weighted by Gasteiger charge is -2.35. The number of carbonyl (C=O) groups is 1. The van der Waals surface area contributed by atoms with E-state index in [1.165, 1.54) is 40.6 Å². The maximum absolute atomic E-state index is 13.9. The van der Waals surface area contributed by atoms with E-state index in [9.17, 15) is 9.59 Å². The smallest absolute Gasteiger partial charge is 0.267 e. The van der Waals surface area contributed by atoms with Gasteiger partial charge in [-0.15, -0.1) is 11.3 Å². The van der Waals surface area contributed by atoms with Crippen molar-refractivity contribution in [2.45, 2.75) is 65.0 Å². The monoisotopic (exact) mass is 495 g/mol. The third-order valence-corrected chi connectivity index (χ3v) is 9.36. The molecule has 0 radical (unpaired) electrons. The summed E-state index contributed by atoms with van der Waals surface area (Å²) < 4.78 is 1.75. The van der Waals surface area contributed by atoms with E-state index >= 15 is 0 Å². The second-order valence-electron chi connectivity index (χ2n) is 10.2. The van der Waals surface area contributed by atoms with Crippen molar-refractivity contribution in [3.8, 4) is 5.69 Å². The molecule has 7 heteroatoms. The molecule has 0 bridgehead atoms. The van der Waals surface area contributed by atoms with Gasteiger partial charge in [0, 0.05) is 18.0 Å². The van der Waals surface area contributed by atoms with Gasteiger partial charge in [0.15, 0.2) is 5.16 Å². The number of rotatable bonds is 4. The Morgan fingerprint density at radius 2 is 1.85 bits per heavy atom. The number of nitrogens with zero attached hydrogens (tertiary/aromatic N) is 3. The number of amides is 1. The Hall–Kier alpha value is -2.12. The number of thioether (sulfide) groups is 1. The fourth-order valence-corrected chi connectivity index (χ4v) is 7.68. The molecule has 1 aliphatic heterocycles. The minimum Gasteiger partial charge on any atom is -0.341 e. The molecule has 1 fully saturated rings. The summed E-state index contributed by atoms with van der Waals surface area (Å²) in [6, 6.07) is 6.11. The van der Waals surface area contributed by atoms with Crippen molar-refractivity contribution in [2.75, 3.05) is 18.8 Å². The number of fused-ring (bicyclic) bond motifs is 3. The molecule has 2 aliphatic rings. The summed E-state index contributed by atoms with van der Waals surface area (Å²) in [5, 5.41) is 1.40. The third-order valence-electron chi connectivity index (χ3n) is 7.25. The normalized spacial score (nSPS) is 20.5. The van der Waals surface area contributed by atoms with E-state index in [1.807, 2.05) is 11.0 Å². The first-order valence-corrected chi connectivity index (χ1v) is 14.2. The van der Waals surface area contributed by atoms with Crippen LogP contribution in [0, 0.1) is 25.7 Å². The second-order valence-corrected chi connectivity index (χ2v) is 12.3. The van der Waals surface area contributed by atoms with Crippen molar-refractivity contribution in [2.24, 2.45) is 11.8 Å². The van der Waals surface area contributed by atoms with Crippen molar-refractivity contribution in [1.29, 1.82) is 0 Å². The molecular weight excluding hydrogens is 462 g/mol. The number of likely N-dealkylation sites (tertiary alicyclic amines) is 1. The lowest BCUT2D eigenvalue weighted by molar-refractivity contribution is -0.130. The predicted octanol–water partition coefficient (Wildman–Crippen LogP) is 5.54. The minimum atomic E-state index is 0.00261. The second kappa shape index (κ2) is 9.50. The summed E-state index contributed by atoms with van der Waals surface area (Å²) >= 11 is 3.07. The van der Waals surface area contributed by atoms with Gasteiger partial charge < -0.3 is 4.90 Å². The summed E-state index contributed by atoms with van der Waals surface area (Å²) in [5.74, 6) is 1.49. The Kier molecular flexibility index (Phi) is 6.60. The quantitative estimate of drug-likeness (QED) is 0.352. The van der Waals surface area contributed by atoms with Crippen LogP contribution >= 0.6 is 23.1 Å². The molecule has 2 atom stereocenters. The van der Waals surface area contributed by atoms with Gasteiger partial charge in [0.25, 0.3) is 5.56 Å². The van der Waals surface area contributed by atoms with Crippen molar-refractivity contribution < 1.29 is 4.79 Å². The molecule has 1 saturated heterocycles. The molecule has 180 valence electrons. The topological polar surface area (TPSA) is 55.2 Å². The number of thiophene rings is 1. The van der Waals surface area contributed by atoms with Crippen LogP contribution in [0.25, 0.3) is 15.9 Å². The number of hydrogen-bond donors (Lipinski definition) is 0. The van der Waals surface area contributed by atoms with Crippen LogP contribution < -0.4 is 5.56 Å². The first-order chi connectivity index (χ1) is 16.3. The number of hydrogen-bond acceptors (Lipinski definition) is 5. The number of piperidine rings is 1. The van der Waals surface area contributed by atoms with Gasteiger partial charge in [0.2, 0.25) is 5.91 Å². The van der Waals surface area contributed by atoms with Gasteiger partial charge in [0.1, 0.15) is 4.83 Å². The summed E-state index contributed by atoms with van der Waals surface area (Å²) in [5.41, 5.74) is 4.36. The van der Waals surface area contributed by atoms with E-state index in [2.05, 4.69) is 39.8 Å². The maximum atomic E-state index is 13.9. The lowest BCUT2D eigenvalue weighted by Crippen LogP contribution is -2.43. The Balaban J connectivity index is 1.55. The number of carbonyl (C=O) groups excluding carboxylic acids is 1. The van der Waals surface area contributed by atoms with Crippen LogP contribution in [0.3, 0.4) is 0 Å². The average Bonchev–Trinajstić information content (AvgIpc) is 3.17. The molecule has 5 rings (SSSR count). The zero-order chi connectivity index (χ0) is 24.0. The molecule has 5 nitrogen and oxygen atoms in total. The molecule has 3 heterocycles. The van der Waals surface area contributed by atoms with E-state index in [1.54, 1.807) is 15.9 Å². The zero-order valence-electron chi connectivity index (χ0n) is 20.5. The SMILES string of the molecule is Cc1ccc(-n2c(SCC(=O)N3CC(C)CC(C)C3)nc3sc4c(c3c2=O)CCCC4)cc1C. The van der Waals surface area contributed by atoms with Gasteiger partial charge in [-0.2, -0.15) is 0 Å². The molecule has 0 spiro atoms. The van der Waals surface area contributed by atoms with Crippen LogP contribution in [0.15, 0.2) is 28.2 Å². The highest BCUT2D eigenvalue weighted by molar-refractivity contribution is 7.99. The summed E-state index contributed by atoms with van der Waals surface area (Å²) in [4.78, 5) is 36.2. The van der Waals surface area contributed by atoms with Crippen LogP contribution in [0.1, 0.15) is 54.7 Å². The van der Waals surface area contributed by atoms with E-state index < -0.39 is 0 Å². The summed E-state index contributed by atoms with van der Waals surface area (Å²) in [6.07, 6.45) is 5.46. The zero-order valence-corrected chi connectivity index (χ0v) is 22.2. The van der Waals surface area contributed by atoms with E-state index in [0.717, 1.165) is 53.8 Å². The Labute approximate surface area is 209 Å². The summed E-state index contributed by atoms with van der Waals surface area (Å²) in [6.45, 7) is 10.2. The van der Waals surface area contributed by atoms with E-state index in [0.29, 0.717) is 22.7 Å². The highest BCUT2D eigenvalue weighted by Crippen LogP contribution is 2.35. The Morgan fingerprint density at radius 3 is 2.59 bits per heavy atom. The standard InChI is InChI=1S/C27H33N3O2S2/c1-16-11-17(2)14-29(13-16)23(31)15-33-27-28-25-24(21-7-5-6-8-22(21)34-25)26(32)30(27)20-10-9-18(3)19(4)12-20/h9-10,12,16-17H,5-8,11,13-15H2,1-4H3. The van der Waals surface area contributed by atoms with Gasteiger partial charge in [-0.3, -0.25) is 14.2 Å². The van der Waals surface area contributed by atoms with Gasteiger partial charge in [-0.05, 0) is 86.6 Å². The fraction of sp³-hybridized carbons (Fsp3) is 0.519. The molecule has 0 N–H and O–H groups in total. The van der Waals surface area contributed by atoms with Crippen LogP contribution in [-0.2, 0) is 17.6 Å². The Bertz CT molecular complexity index is 1300. The van der Waals surface area contributed by atoms with Gasteiger partial charge in [0.05, 0.1) is 16.8 Å². The molecule has 1 amide bonds. The van der Waals surface area contributed by atoms with Crippen molar-refractivity contribution >= 4 is 39.2 Å². The van der Waals surface area contributed by atoms with Crippen molar-refractivity contribution in [3.63, 3.8) is 0 Å². The van der Waals surface area contributed by atoms with Crippen molar-refractivity contribution in [3.05, 3.63) is 50.1 Å². The third kappa shape index (κ3) is 4.44. The molecule has 3 aromatic rings. The van der Waals surface area contributed by atoms with Crippen LogP contribution in [0.2, 0.25) is 0 Å². The highest BCUT2D eigenvalue weighted by Gasteiger charge is 2.27. The molecule has 1 aliphatic carbocycles. The molecular formula is C27H33N3O2S2. The fourth-order valence-electron chi connectivity index (χ4n) is 5.46. The lowest BCUT2D eigenvalue weighted by atomic mass is 9.92. The molecule has 34 heavy (non-hydrogen) atoms. The molecule has 0 saturated carbocycles. The molecule has 1 aromatic carbocycles. The van der Waals surface area contributed by atoms with Crippen molar-refractivity contribution in [1.82, 2.24) is 14.5 Å². The largest absolute Gasteiger partial charge is 0.341 e. The van der Waals surface area contributed by atoms with E-state index in [4.69, 9.17) is 4.98 Å². The van der Waals surface area contributed by atoms with E-state index in [-0.39, 0.29) is 11.5 Å². The van der Waals surface area contributed by atoms with Gasteiger partial charge in [-0.25, -0.2) is 4.98 Å². The number of aromatic nitrogens is 2. The minimum absolute atomic E-state index is 0.00261. The van der Waals surface area contributed by atoms with Crippen LogP contribution in [-0.4, -0.2) is 39.2 Å². The predicted molar refractivity (Wildman–Crippen MR) is 142 cm³/mol. The van der Waals surface area contributed by atoms with Gasteiger partial charge >= 0.3 is 0 Å². The first kappa shape index (κ1) is 23.6. The maximum Gasteiger partial charge on any atom is 0.267 e. The molecule has 2 unspecified atom stereocenters. The van der Waals surface area contributed by atoms with Crippen LogP contribution in [0.5, 0.6) is 0 Å². The highest BCUT2D eigenvalue weighted by atomic mass is 32.2. The number of aryl methyl sites for hydroxylation is 4. The average molecular weight is 496 g/mol. The number of benzene rings is 1. The van der Waals surface area contributed by atoms with Crippen LogP contribution in [0.4, 0.5) is 0 Å². The summed E-state index contributed by atoms with van der Waals surface area (Å²) in [7, 11) is 0. The van der Waals surface area contributed by atoms with Gasteiger partial charge in [-0.1, -0.05) is 31.7 Å². The first-order valence-electron chi connectivity index (χ1n) is 12.4. The Morgan fingerprint density at radius 1 is 1.12 bits per heavy atom.